The summed E-state index contributed by atoms with van der Waals surface area (Å²) in [5, 5.41) is 17.4. The van der Waals surface area contributed by atoms with E-state index in [1.54, 1.807) is 6.92 Å². The normalized spacial score (nSPS) is 14.9. The van der Waals surface area contributed by atoms with E-state index in [4.69, 9.17) is 14.9 Å². The van der Waals surface area contributed by atoms with Gasteiger partial charge in [0, 0.05) is 7.11 Å². The van der Waals surface area contributed by atoms with Crippen molar-refractivity contribution in [1.29, 1.82) is 0 Å². The highest BCUT2D eigenvalue weighted by Crippen LogP contribution is 2.27. The molecule has 0 spiro atoms. The van der Waals surface area contributed by atoms with Crippen molar-refractivity contribution in [2.75, 3.05) is 13.7 Å². The lowest BCUT2D eigenvalue weighted by Crippen LogP contribution is -2.37. The van der Waals surface area contributed by atoms with Gasteiger partial charge in [-0.05, 0) is 6.42 Å². The second kappa shape index (κ2) is 4.81. The topological polar surface area (TPSA) is 83.8 Å². The molecule has 2 N–H and O–H groups in total. The molecular formula is C8H14O5. The summed E-state index contributed by atoms with van der Waals surface area (Å²) in [6, 6.07) is 0. The predicted octanol–water partition coefficient (Wildman–Crippen LogP) is 0.589. The zero-order valence-electron chi connectivity index (χ0n) is 7.74. The molecule has 1 atom stereocenters. The Balaban J connectivity index is 4.64. The molecule has 0 aromatic rings. The highest BCUT2D eigenvalue weighted by atomic mass is 16.5. The van der Waals surface area contributed by atoms with E-state index in [9.17, 15) is 9.59 Å². The molecule has 0 aromatic carbocycles. The fraction of sp³-hybridized carbons (Fsp3) is 0.750. The lowest BCUT2D eigenvalue weighted by molar-refractivity contribution is -0.159. The summed E-state index contributed by atoms with van der Waals surface area (Å²) in [6.45, 7) is 1.56. The van der Waals surface area contributed by atoms with Crippen molar-refractivity contribution in [2.24, 2.45) is 5.41 Å². The highest BCUT2D eigenvalue weighted by molar-refractivity contribution is 5.81. The lowest BCUT2D eigenvalue weighted by atomic mass is 9.83. The van der Waals surface area contributed by atoms with Gasteiger partial charge in [0.25, 0.3) is 0 Å². The van der Waals surface area contributed by atoms with E-state index in [1.807, 2.05) is 0 Å². The summed E-state index contributed by atoms with van der Waals surface area (Å²) in [5.41, 5.74) is -1.29. The van der Waals surface area contributed by atoms with E-state index in [2.05, 4.69) is 0 Å². The van der Waals surface area contributed by atoms with Gasteiger partial charge in [-0.3, -0.25) is 9.59 Å². The molecule has 0 aromatic heterocycles. The largest absolute Gasteiger partial charge is 0.481 e. The van der Waals surface area contributed by atoms with Crippen LogP contribution in [0.15, 0.2) is 0 Å². The van der Waals surface area contributed by atoms with Crippen LogP contribution in [0.4, 0.5) is 0 Å². The van der Waals surface area contributed by atoms with Gasteiger partial charge in [-0.1, -0.05) is 6.92 Å². The van der Waals surface area contributed by atoms with Crippen molar-refractivity contribution in [3.8, 4) is 0 Å². The third-order valence-corrected chi connectivity index (χ3v) is 2.04. The fourth-order valence-electron chi connectivity index (χ4n) is 1.13. The number of carbonyl (C=O) groups is 2. The molecule has 1 unspecified atom stereocenters. The monoisotopic (exact) mass is 190 g/mol. The van der Waals surface area contributed by atoms with Crippen LogP contribution in [0.25, 0.3) is 0 Å². The van der Waals surface area contributed by atoms with Crippen LogP contribution < -0.4 is 0 Å². The average molecular weight is 190 g/mol. The van der Waals surface area contributed by atoms with E-state index >= 15 is 0 Å². The smallest absolute Gasteiger partial charge is 0.312 e. The molecule has 5 nitrogen and oxygen atoms in total. The molecule has 0 amide bonds. The standard InChI is InChI=1S/C8H14O5/c1-3-8(5-13-2,7(11)12)4-6(9)10/h3-5H2,1-2H3,(H,9,10)(H,11,12). The molecule has 76 valence electrons. The maximum Gasteiger partial charge on any atom is 0.312 e. The van der Waals surface area contributed by atoms with Crippen LogP contribution in [0.2, 0.25) is 0 Å². The Hall–Kier alpha value is -1.10. The first-order valence-electron chi connectivity index (χ1n) is 3.92. The van der Waals surface area contributed by atoms with Crippen LogP contribution in [0, 0.1) is 5.41 Å². The highest BCUT2D eigenvalue weighted by Gasteiger charge is 2.39. The number of hydrogen-bond donors (Lipinski definition) is 2. The minimum absolute atomic E-state index is 0.0782. The van der Waals surface area contributed by atoms with E-state index < -0.39 is 23.8 Å². The molecule has 0 bridgehead atoms. The Labute approximate surface area is 76.3 Å². The quantitative estimate of drug-likeness (QED) is 0.640. The summed E-state index contributed by atoms with van der Waals surface area (Å²) >= 11 is 0. The summed E-state index contributed by atoms with van der Waals surface area (Å²) < 4.78 is 4.72. The van der Waals surface area contributed by atoms with Crippen LogP contribution in [-0.4, -0.2) is 35.9 Å². The number of ether oxygens (including phenoxy) is 1. The van der Waals surface area contributed by atoms with Gasteiger partial charge < -0.3 is 14.9 Å². The molecule has 0 saturated carbocycles. The maximum atomic E-state index is 10.8. The third-order valence-electron chi connectivity index (χ3n) is 2.04. The summed E-state index contributed by atoms with van der Waals surface area (Å²) in [4.78, 5) is 21.3. The van der Waals surface area contributed by atoms with Crippen molar-refractivity contribution in [3.63, 3.8) is 0 Å². The summed E-state index contributed by atoms with van der Waals surface area (Å²) in [5.74, 6) is -2.25. The molecule has 0 heterocycles. The number of methoxy groups -OCH3 is 1. The van der Waals surface area contributed by atoms with Crippen molar-refractivity contribution in [1.82, 2.24) is 0 Å². The first-order chi connectivity index (χ1) is 5.98. The number of carboxylic acid groups (broad SMARTS) is 2. The van der Waals surface area contributed by atoms with Crippen LogP contribution in [0.5, 0.6) is 0 Å². The van der Waals surface area contributed by atoms with Crippen LogP contribution >= 0.6 is 0 Å². The number of aliphatic carboxylic acids is 2. The Morgan fingerprint density at radius 2 is 1.92 bits per heavy atom. The van der Waals surface area contributed by atoms with Gasteiger partial charge >= 0.3 is 11.9 Å². The van der Waals surface area contributed by atoms with Crippen LogP contribution in [0.1, 0.15) is 19.8 Å². The summed E-state index contributed by atoms with van der Waals surface area (Å²) in [6.07, 6.45) is -0.171. The molecule has 13 heavy (non-hydrogen) atoms. The molecule has 0 fully saturated rings. The van der Waals surface area contributed by atoms with Crippen molar-refractivity contribution >= 4 is 11.9 Å². The molecule has 0 saturated heterocycles. The van der Waals surface area contributed by atoms with Crippen molar-refractivity contribution in [3.05, 3.63) is 0 Å². The molecule has 0 aliphatic carbocycles. The fourth-order valence-corrected chi connectivity index (χ4v) is 1.13. The maximum absolute atomic E-state index is 10.8. The Morgan fingerprint density at radius 1 is 1.38 bits per heavy atom. The van der Waals surface area contributed by atoms with Crippen molar-refractivity contribution < 1.29 is 24.5 Å². The molecule has 0 aliphatic rings. The molecule has 0 aliphatic heterocycles. The Bertz CT molecular complexity index is 201. The van der Waals surface area contributed by atoms with E-state index in [-0.39, 0.29) is 13.0 Å². The van der Waals surface area contributed by atoms with Crippen LogP contribution in [-0.2, 0) is 14.3 Å². The Kier molecular flexibility index (Phi) is 4.40. The van der Waals surface area contributed by atoms with Crippen LogP contribution in [0.3, 0.4) is 0 Å². The van der Waals surface area contributed by atoms with E-state index in [0.717, 1.165) is 0 Å². The Morgan fingerprint density at radius 3 is 2.15 bits per heavy atom. The summed E-state index contributed by atoms with van der Waals surface area (Å²) in [7, 11) is 1.36. The minimum Gasteiger partial charge on any atom is -0.481 e. The van der Waals surface area contributed by atoms with Gasteiger partial charge in [0.2, 0.25) is 0 Å². The second-order valence-electron chi connectivity index (χ2n) is 2.94. The molecular weight excluding hydrogens is 176 g/mol. The van der Waals surface area contributed by atoms with Gasteiger partial charge in [0.05, 0.1) is 13.0 Å². The van der Waals surface area contributed by atoms with E-state index in [0.29, 0.717) is 0 Å². The zero-order chi connectivity index (χ0) is 10.5. The second-order valence-corrected chi connectivity index (χ2v) is 2.94. The average Bonchev–Trinajstić information content (AvgIpc) is 2.02. The number of carboxylic acids is 2. The predicted molar refractivity (Wildman–Crippen MR) is 44.5 cm³/mol. The van der Waals surface area contributed by atoms with Gasteiger partial charge in [0.1, 0.15) is 5.41 Å². The third kappa shape index (κ3) is 3.02. The van der Waals surface area contributed by atoms with Gasteiger partial charge in [0.15, 0.2) is 0 Å². The molecule has 0 rings (SSSR count). The van der Waals surface area contributed by atoms with Gasteiger partial charge in [-0.15, -0.1) is 0 Å². The van der Waals surface area contributed by atoms with Gasteiger partial charge in [-0.25, -0.2) is 0 Å². The minimum atomic E-state index is -1.29. The number of rotatable bonds is 6. The lowest BCUT2D eigenvalue weighted by Gasteiger charge is -2.24. The SMILES string of the molecule is CCC(COC)(CC(=O)O)C(=O)O. The molecule has 5 heteroatoms. The zero-order valence-corrected chi connectivity index (χ0v) is 7.74. The first-order valence-corrected chi connectivity index (χ1v) is 3.92. The van der Waals surface area contributed by atoms with Crippen molar-refractivity contribution in [2.45, 2.75) is 19.8 Å². The number of hydrogen-bond acceptors (Lipinski definition) is 3. The van der Waals surface area contributed by atoms with Gasteiger partial charge in [-0.2, -0.15) is 0 Å². The van der Waals surface area contributed by atoms with E-state index in [1.165, 1.54) is 7.11 Å². The first kappa shape index (κ1) is 11.9. The molecule has 0 radical (unpaired) electrons.